The molecule has 0 aromatic heterocycles. The van der Waals surface area contributed by atoms with Crippen LogP contribution in [0.1, 0.15) is 18.9 Å². The molecule has 1 aromatic carbocycles. The Morgan fingerprint density at radius 1 is 1.53 bits per heavy atom. The molecule has 3 nitrogen and oxygen atoms in total. The third-order valence-corrected chi connectivity index (χ3v) is 1.88. The lowest BCUT2D eigenvalue weighted by Crippen LogP contribution is -2.06. The van der Waals surface area contributed by atoms with Crippen LogP contribution in [0.3, 0.4) is 0 Å². The number of phenols is 1. The van der Waals surface area contributed by atoms with Crippen LogP contribution in [0.4, 0.5) is 0 Å². The van der Waals surface area contributed by atoms with E-state index in [2.05, 4.69) is 6.58 Å². The molecule has 15 heavy (non-hydrogen) atoms. The Hall–Kier alpha value is -1.77. The van der Waals surface area contributed by atoms with Crippen LogP contribution >= 0.6 is 0 Å². The summed E-state index contributed by atoms with van der Waals surface area (Å²) in [6, 6.07) is 6.38. The number of benzene rings is 1. The first-order chi connectivity index (χ1) is 7.15. The fourth-order valence-electron chi connectivity index (χ4n) is 1.09. The third-order valence-electron chi connectivity index (χ3n) is 1.88. The SMILES string of the molecule is C=C(C(=O)OCCC)c1cccc(O)c1. The molecule has 0 saturated heterocycles. The van der Waals surface area contributed by atoms with Crippen LogP contribution in [0.25, 0.3) is 5.57 Å². The molecule has 0 saturated carbocycles. The van der Waals surface area contributed by atoms with Gasteiger partial charge in [0.15, 0.2) is 0 Å². The number of ether oxygens (including phenoxy) is 1. The molecule has 0 amide bonds. The summed E-state index contributed by atoms with van der Waals surface area (Å²) >= 11 is 0. The smallest absolute Gasteiger partial charge is 0.338 e. The molecule has 0 aliphatic carbocycles. The minimum atomic E-state index is -0.442. The molecule has 0 spiro atoms. The molecule has 80 valence electrons. The molecule has 0 unspecified atom stereocenters. The highest BCUT2D eigenvalue weighted by Crippen LogP contribution is 2.18. The summed E-state index contributed by atoms with van der Waals surface area (Å²) in [7, 11) is 0. The van der Waals surface area contributed by atoms with E-state index >= 15 is 0 Å². The van der Waals surface area contributed by atoms with Crippen LogP contribution in [0, 0.1) is 0 Å². The molecule has 0 aliphatic heterocycles. The topological polar surface area (TPSA) is 46.5 Å². The summed E-state index contributed by atoms with van der Waals surface area (Å²) in [5.74, 6) is -0.334. The predicted molar refractivity (Wildman–Crippen MR) is 58.4 cm³/mol. The number of carbonyl (C=O) groups is 1. The number of hydrogen-bond donors (Lipinski definition) is 1. The van der Waals surface area contributed by atoms with E-state index < -0.39 is 5.97 Å². The minimum absolute atomic E-state index is 0.108. The highest BCUT2D eigenvalue weighted by atomic mass is 16.5. The monoisotopic (exact) mass is 206 g/mol. The minimum Gasteiger partial charge on any atom is -0.508 e. The Kier molecular flexibility index (Phi) is 3.92. The summed E-state index contributed by atoms with van der Waals surface area (Å²) in [6.45, 7) is 5.94. The van der Waals surface area contributed by atoms with Crippen molar-refractivity contribution in [2.75, 3.05) is 6.61 Å². The molecule has 3 heteroatoms. The lowest BCUT2D eigenvalue weighted by molar-refractivity contribution is -0.136. The van der Waals surface area contributed by atoms with Gasteiger partial charge in [0, 0.05) is 0 Å². The van der Waals surface area contributed by atoms with Gasteiger partial charge < -0.3 is 9.84 Å². The molecule has 0 bridgehead atoms. The number of esters is 1. The zero-order valence-electron chi connectivity index (χ0n) is 8.69. The predicted octanol–water partition coefficient (Wildman–Crippen LogP) is 2.36. The average molecular weight is 206 g/mol. The van der Waals surface area contributed by atoms with Gasteiger partial charge in [-0.25, -0.2) is 4.79 Å². The van der Waals surface area contributed by atoms with Gasteiger partial charge in [0.2, 0.25) is 0 Å². The van der Waals surface area contributed by atoms with Crippen molar-refractivity contribution < 1.29 is 14.6 Å². The van der Waals surface area contributed by atoms with E-state index in [0.29, 0.717) is 12.2 Å². The fraction of sp³-hybridized carbons (Fsp3) is 0.250. The maximum absolute atomic E-state index is 11.4. The zero-order valence-corrected chi connectivity index (χ0v) is 8.69. The molecule has 0 aliphatic rings. The quantitative estimate of drug-likeness (QED) is 0.607. The van der Waals surface area contributed by atoms with Crippen molar-refractivity contribution in [2.24, 2.45) is 0 Å². The van der Waals surface area contributed by atoms with Crippen molar-refractivity contribution in [3.05, 3.63) is 36.4 Å². The van der Waals surface area contributed by atoms with Gasteiger partial charge in [0.25, 0.3) is 0 Å². The molecule has 1 rings (SSSR count). The molecule has 0 heterocycles. The van der Waals surface area contributed by atoms with E-state index in [4.69, 9.17) is 4.74 Å². The second kappa shape index (κ2) is 5.20. The van der Waals surface area contributed by atoms with Gasteiger partial charge in [0.1, 0.15) is 5.75 Å². The van der Waals surface area contributed by atoms with E-state index in [-0.39, 0.29) is 11.3 Å². The van der Waals surface area contributed by atoms with Gasteiger partial charge in [-0.15, -0.1) is 0 Å². The largest absolute Gasteiger partial charge is 0.508 e. The first kappa shape index (κ1) is 11.3. The van der Waals surface area contributed by atoms with Crippen molar-refractivity contribution in [1.82, 2.24) is 0 Å². The van der Waals surface area contributed by atoms with Crippen LogP contribution < -0.4 is 0 Å². The second-order valence-electron chi connectivity index (χ2n) is 3.16. The molecule has 1 aromatic rings. The van der Waals surface area contributed by atoms with Crippen molar-refractivity contribution in [2.45, 2.75) is 13.3 Å². The summed E-state index contributed by atoms with van der Waals surface area (Å²) in [5, 5.41) is 9.23. The van der Waals surface area contributed by atoms with Crippen LogP contribution in [0.2, 0.25) is 0 Å². The Morgan fingerprint density at radius 2 is 2.27 bits per heavy atom. The van der Waals surface area contributed by atoms with Crippen molar-refractivity contribution in [3.63, 3.8) is 0 Å². The first-order valence-electron chi connectivity index (χ1n) is 4.80. The maximum Gasteiger partial charge on any atom is 0.338 e. The summed E-state index contributed by atoms with van der Waals surface area (Å²) < 4.78 is 4.93. The van der Waals surface area contributed by atoms with Gasteiger partial charge in [-0.1, -0.05) is 25.6 Å². The highest BCUT2D eigenvalue weighted by Gasteiger charge is 2.10. The second-order valence-corrected chi connectivity index (χ2v) is 3.16. The summed E-state index contributed by atoms with van der Waals surface area (Å²) in [5.41, 5.74) is 0.843. The first-order valence-corrected chi connectivity index (χ1v) is 4.80. The van der Waals surface area contributed by atoms with Crippen molar-refractivity contribution >= 4 is 11.5 Å². The molecule has 1 N–H and O–H groups in total. The average Bonchev–Trinajstić information content (AvgIpc) is 2.24. The zero-order chi connectivity index (χ0) is 11.3. The molecule has 0 fully saturated rings. The Labute approximate surface area is 89.0 Å². The van der Waals surface area contributed by atoms with Gasteiger partial charge in [-0.3, -0.25) is 0 Å². The van der Waals surface area contributed by atoms with E-state index in [0.717, 1.165) is 6.42 Å². The summed E-state index contributed by atoms with van der Waals surface area (Å²) in [6.07, 6.45) is 0.777. The number of rotatable bonds is 4. The standard InChI is InChI=1S/C12H14O3/c1-3-7-15-12(14)9(2)10-5-4-6-11(13)8-10/h4-6,8,13H,2-3,7H2,1H3. The Bertz CT molecular complexity index is 369. The molecular formula is C12H14O3. The Balaban J connectivity index is 2.72. The third kappa shape index (κ3) is 3.13. The van der Waals surface area contributed by atoms with Crippen molar-refractivity contribution in [1.29, 1.82) is 0 Å². The van der Waals surface area contributed by atoms with Crippen LogP contribution in [-0.2, 0) is 9.53 Å². The van der Waals surface area contributed by atoms with Crippen molar-refractivity contribution in [3.8, 4) is 5.75 Å². The summed E-state index contributed by atoms with van der Waals surface area (Å²) in [4.78, 5) is 11.4. The van der Waals surface area contributed by atoms with Crippen LogP contribution in [0.15, 0.2) is 30.8 Å². The number of hydrogen-bond acceptors (Lipinski definition) is 3. The van der Waals surface area contributed by atoms with Crippen LogP contribution in [-0.4, -0.2) is 17.7 Å². The molecule has 0 atom stereocenters. The Morgan fingerprint density at radius 3 is 2.87 bits per heavy atom. The van der Waals surface area contributed by atoms with Gasteiger partial charge >= 0.3 is 5.97 Å². The fourth-order valence-corrected chi connectivity index (χ4v) is 1.09. The van der Waals surface area contributed by atoms with Crippen LogP contribution in [0.5, 0.6) is 5.75 Å². The lowest BCUT2D eigenvalue weighted by Gasteiger charge is -2.06. The highest BCUT2D eigenvalue weighted by molar-refractivity contribution is 6.15. The lowest BCUT2D eigenvalue weighted by atomic mass is 10.1. The van der Waals surface area contributed by atoms with E-state index in [1.807, 2.05) is 6.92 Å². The van der Waals surface area contributed by atoms with E-state index in [1.165, 1.54) is 12.1 Å². The number of aromatic hydroxyl groups is 1. The normalized spacial score (nSPS) is 9.67. The number of carbonyl (C=O) groups excluding carboxylic acids is 1. The van der Waals surface area contributed by atoms with E-state index in [9.17, 15) is 9.90 Å². The van der Waals surface area contributed by atoms with E-state index in [1.54, 1.807) is 12.1 Å². The maximum atomic E-state index is 11.4. The van der Waals surface area contributed by atoms with Gasteiger partial charge in [-0.05, 0) is 24.1 Å². The van der Waals surface area contributed by atoms with Gasteiger partial charge in [0.05, 0.1) is 12.2 Å². The number of phenolic OH excluding ortho intramolecular Hbond substituents is 1. The van der Waals surface area contributed by atoms with Gasteiger partial charge in [-0.2, -0.15) is 0 Å². The molecular weight excluding hydrogens is 192 g/mol. The molecule has 0 radical (unpaired) electrons.